The molecule has 7 heteroatoms. The summed E-state index contributed by atoms with van der Waals surface area (Å²) in [6.07, 6.45) is 0.485. The van der Waals surface area contributed by atoms with Crippen molar-refractivity contribution >= 4 is 0 Å². The van der Waals surface area contributed by atoms with Crippen LogP contribution < -0.4 is 9.47 Å². The van der Waals surface area contributed by atoms with Gasteiger partial charge in [0.25, 0.3) is 0 Å². The molecule has 0 radical (unpaired) electrons. The molecule has 2 fully saturated rings. The van der Waals surface area contributed by atoms with Crippen LogP contribution in [0.15, 0.2) is 97.1 Å². The second kappa shape index (κ2) is 15.5. The minimum Gasteiger partial charge on any atom is -0.491 e. The van der Waals surface area contributed by atoms with E-state index in [1.165, 1.54) is 0 Å². The molecule has 0 spiro atoms. The molecule has 6 rings (SSSR count). The number of ether oxygens (including phenoxy) is 7. The monoisotopic (exact) mass is 610 g/mol. The molecule has 0 amide bonds. The maximum absolute atomic E-state index is 6.01. The van der Waals surface area contributed by atoms with Crippen LogP contribution in [0.25, 0.3) is 22.3 Å². The van der Waals surface area contributed by atoms with Crippen molar-refractivity contribution in [3.63, 3.8) is 0 Å². The maximum atomic E-state index is 6.01. The molecule has 0 aliphatic carbocycles. The minimum atomic E-state index is -0.0176. The third kappa shape index (κ3) is 9.63. The van der Waals surface area contributed by atoms with Crippen molar-refractivity contribution in [3.05, 3.63) is 108 Å². The highest BCUT2D eigenvalue weighted by Crippen LogP contribution is 2.27. The Morgan fingerprint density at radius 1 is 0.511 bits per heavy atom. The number of hydrogen-bond donors (Lipinski definition) is 0. The zero-order valence-corrected chi connectivity index (χ0v) is 26.1. The van der Waals surface area contributed by atoms with Crippen molar-refractivity contribution in [3.8, 4) is 33.8 Å². The molecule has 2 saturated heterocycles. The van der Waals surface area contributed by atoms with Crippen LogP contribution in [-0.2, 0) is 23.7 Å². The fourth-order valence-corrected chi connectivity index (χ4v) is 4.95. The predicted molar refractivity (Wildman–Crippen MR) is 174 cm³/mol. The Morgan fingerprint density at radius 3 is 1.18 bits per heavy atom. The zero-order valence-electron chi connectivity index (χ0n) is 26.1. The zero-order chi connectivity index (χ0) is 30.8. The molecule has 0 N–H and O–H groups in total. The Bertz CT molecular complexity index is 1330. The summed E-state index contributed by atoms with van der Waals surface area (Å²) in [5.74, 6) is 1.73. The lowest BCUT2D eigenvalue weighted by Gasteiger charge is -2.16. The molecule has 0 bridgehead atoms. The van der Waals surface area contributed by atoms with Gasteiger partial charge in [-0.25, -0.2) is 0 Å². The van der Waals surface area contributed by atoms with Crippen LogP contribution in [0.1, 0.15) is 37.2 Å². The Morgan fingerprint density at radius 2 is 0.844 bits per heavy atom. The molecule has 236 valence electrons. The summed E-state index contributed by atoms with van der Waals surface area (Å²) in [5, 5.41) is 0. The molecule has 0 saturated carbocycles. The number of epoxide rings is 2. The molecular weight excluding hydrogens is 568 g/mol. The van der Waals surface area contributed by atoms with Gasteiger partial charge in [0.05, 0.1) is 51.8 Å². The summed E-state index contributed by atoms with van der Waals surface area (Å²) in [6.45, 7) is 9.06. The molecular formula is C38H42O7. The van der Waals surface area contributed by atoms with Crippen LogP contribution in [0, 0.1) is 0 Å². The average Bonchev–Trinajstić information content (AvgIpc) is 4.03. The minimum absolute atomic E-state index is 0.0176. The van der Waals surface area contributed by atoms with Gasteiger partial charge >= 0.3 is 0 Å². The highest BCUT2D eigenvalue weighted by molar-refractivity contribution is 5.65. The van der Waals surface area contributed by atoms with Crippen molar-refractivity contribution in [2.45, 2.75) is 38.3 Å². The SMILES string of the molecule is CC(OCCOCCOC(C)c1ccc(-c2ccc(OCC3CO3)cc2)cc1)c1ccc(-c2ccc(OCC3CO3)cc2)cc1. The van der Waals surface area contributed by atoms with E-state index in [1.807, 2.05) is 24.3 Å². The molecule has 2 heterocycles. The molecule has 45 heavy (non-hydrogen) atoms. The van der Waals surface area contributed by atoms with Gasteiger partial charge in [-0.1, -0.05) is 72.8 Å². The van der Waals surface area contributed by atoms with E-state index in [2.05, 4.69) is 86.6 Å². The average molecular weight is 611 g/mol. The highest BCUT2D eigenvalue weighted by atomic mass is 16.6. The van der Waals surface area contributed by atoms with E-state index >= 15 is 0 Å². The van der Waals surface area contributed by atoms with Gasteiger partial charge in [0.15, 0.2) is 0 Å². The fraction of sp³-hybridized carbons (Fsp3) is 0.368. The lowest BCUT2D eigenvalue weighted by atomic mass is 10.0. The van der Waals surface area contributed by atoms with Crippen LogP contribution in [0.3, 0.4) is 0 Å². The molecule has 4 aromatic rings. The van der Waals surface area contributed by atoms with Crippen LogP contribution in [0.2, 0.25) is 0 Å². The van der Waals surface area contributed by atoms with Crippen LogP contribution in [-0.4, -0.2) is 65.1 Å². The smallest absolute Gasteiger partial charge is 0.119 e. The Labute approximate surface area is 265 Å². The van der Waals surface area contributed by atoms with Gasteiger partial charge < -0.3 is 33.2 Å². The van der Waals surface area contributed by atoms with E-state index in [1.54, 1.807) is 0 Å². The molecule has 4 unspecified atom stereocenters. The third-order valence-corrected chi connectivity index (χ3v) is 8.00. The van der Waals surface area contributed by atoms with Gasteiger partial charge in [-0.2, -0.15) is 0 Å². The molecule has 0 aromatic heterocycles. The lowest BCUT2D eigenvalue weighted by molar-refractivity contribution is -0.0201. The summed E-state index contributed by atoms with van der Waals surface area (Å²) < 4.78 is 39.6. The molecule has 4 aromatic carbocycles. The van der Waals surface area contributed by atoms with Crippen LogP contribution in [0.4, 0.5) is 0 Å². The number of hydrogen-bond acceptors (Lipinski definition) is 7. The third-order valence-electron chi connectivity index (χ3n) is 8.00. The summed E-state index contributed by atoms with van der Waals surface area (Å²) >= 11 is 0. The Kier molecular flexibility index (Phi) is 10.8. The molecule has 4 atom stereocenters. The second-order valence-electron chi connectivity index (χ2n) is 11.5. The van der Waals surface area contributed by atoms with Crippen LogP contribution in [0.5, 0.6) is 11.5 Å². The first kappa shape index (κ1) is 31.3. The summed E-state index contributed by atoms with van der Waals surface area (Å²) in [5.41, 5.74) is 6.90. The maximum Gasteiger partial charge on any atom is 0.119 e. The van der Waals surface area contributed by atoms with Crippen molar-refractivity contribution < 1.29 is 33.2 Å². The predicted octanol–water partition coefficient (Wildman–Crippen LogP) is 7.45. The Balaban J connectivity index is 0.844. The summed E-state index contributed by atoms with van der Waals surface area (Å²) in [4.78, 5) is 0. The van der Waals surface area contributed by atoms with Crippen LogP contribution >= 0.6 is 0 Å². The van der Waals surface area contributed by atoms with Gasteiger partial charge in [-0.05, 0) is 71.5 Å². The Hall–Kier alpha value is -3.72. The second-order valence-corrected chi connectivity index (χ2v) is 11.5. The topological polar surface area (TPSA) is 71.2 Å². The van der Waals surface area contributed by atoms with E-state index in [0.717, 1.165) is 58.1 Å². The summed E-state index contributed by atoms with van der Waals surface area (Å²) in [7, 11) is 0. The van der Waals surface area contributed by atoms with E-state index in [-0.39, 0.29) is 24.4 Å². The first-order chi connectivity index (χ1) is 22.1. The fourth-order valence-electron chi connectivity index (χ4n) is 4.95. The first-order valence-corrected chi connectivity index (χ1v) is 15.8. The van der Waals surface area contributed by atoms with Gasteiger partial charge in [0, 0.05) is 0 Å². The lowest BCUT2D eigenvalue weighted by Crippen LogP contribution is -2.12. The molecule has 2 aliphatic heterocycles. The van der Waals surface area contributed by atoms with Gasteiger partial charge in [-0.3, -0.25) is 0 Å². The van der Waals surface area contributed by atoms with Crippen molar-refractivity contribution in [1.82, 2.24) is 0 Å². The first-order valence-electron chi connectivity index (χ1n) is 15.8. The van der Waals surface area contributed by atoms with Gasteiger partial charge in [-0.15, -0.1) is 0 Å². The van der Waals surface area contributed by atoms with E-state index < -0.39 is 0 Å². The van der Waals surface area contributed by atoms with Crippen molar-refractivity contribution in [1.29, 1.82) is 0 Å². The van der Waals surface area contributed by atoms with E-state index in [9.17, 15) is 0 Å². The quantitative estimate of drug-likeness (QED) is 0.0856. The normalized spacial score (nSPS) is 18.3. The molecule has 2 aliphatic rings. The number of rotatable bonds is 18. The standard InChI is InChI=1S/C38H42O7/c1-27(29-3-7-31(8-4-29)33-11-15-35(16-12-33)42-23-37-25-44-37)40-21-19-39-20-22-41-28(2)30-5-9-32(10-6-30)34-13-17-36(18-14-34)43-24-38-26-45-38/h3-18,27-28,37-38H,19-26H2,1-2H3. The van der Waals surface area contributed by atoms with Gasteiger partial charge in [0.1, 0.15) is 36.9 Å². The summed E-state index contributed by atoms with van der Waals surface area (Å²) in [6, 6.07) is 33.4. The van der Waals surface area contributed by atoms with Crippen molar-refractivity contribution in [2.24, 2.45) is 0 Å². The van der Waals surface area contributed by atoms with Gasteiger partial charge in [0.2, 0.25) is 0 Å². The largest absolute Gasteiger partial charge is 0.491 e. The molecule has 7 nitrogen and oxygen atoms in total. The van der Waals surface area contributed by atoms with E-state index in [4.69, 9.17) is 33.2 Å². The van der Waals surface area contributed by atoms with Crippen molar-refractivity contribution in [2.75, 3.05) is 52.9 Å². The van der Waals surface area contributed by atoms with E-state index in [0.29, 0.717) is 39.6 Å². The number of benzene rings is 4. The highest BCUT2D eigenvalue weighted by Gasteiger charge is 2.23.